The topological polar surface area (TPSA) is 94.0 Å². The third-order valence-electron chi connectivity index (χ3n) is 3.33. The number of rotatable bonds is 5. The molecule has 128 valence electrons. The van der Waals surface area contributed by atoms with Gasteiger partial charge in [0.1, 0.15) is 5.82 Å². The average molecular weight is 340 g/mol. The van der Waals surface area contributed by atoms with Gasteiger partial charge >= 0.3 is 6.03 Å². The molecule has 0 bridgehead atoms. The number of carbonyl (C=O) groups excluding carboxylic acids is 2. The highest BCUT2D eigenvalue weighted by atomic mass is 19.1. The molecule has 0 aromatic heterocycles. The fourth-order valence-corrected chi connectivity index (χ4v) is 2.13. The molecule has 0 spiro atoms. The van der Waals surface area contributed by atoms with Crippen molar-refractivity contribution in [2.24, 2.45) is 0 Å². The SMILES string of the molecule is CCNC(=O)c1cccc(NC(=O)NCc2cc(C#N)ccc2F)c1. The maximum atomic E-state index is 13.7. The third kappa shape index (κ3) is 5.04. The van der Waals surface area contributed by atoms with Gasteiger partial charge in [0, 0.05) is 29.9 Å². The van der Waals surface area contributed by atoms with Crippen LogP contribution >= 0.6 is 0 Å². The van der Waals surface area contributed by atoms with Crippen LogP contribution in [0.1, 0.15) is 28.4 Å². The van der Waals surface area contributed by atoms with Gasteiger partial charge in [-0.3, -0.25) is 4.79 Å². The molecule has 0 aliphatic carbocycles. The first-order valence-corrected chi connectivity index (χ1v) is 7.65. The Balaban J connectivity index is 1.98. The third-order valence-corrected chi connectivity index (χ3v) is 3.33. The van der Waals surface area contributed by atoms with Gasteiger partial charge in [-0.15, -0.1) is 0 Å². The Bertz CT molecular complexity index is 830. The molecule has 7 heteroatoms. The zero-order chi connectivity index (χ0) is 18.2. The first-order valence-electron chi connectivity index (χ1n) is 7.65. The van der Waals surface area contributed by atoms with E-state index in [0.29, 0.717) is 23.4 Å². The highest BCUT2D eigenvalue weighted by Gasteiger charge is 2.08. The van der Waals surface area contributed by atoms with Crippen LogP contribution in [0.5, 0.6) is 0 Å². The van der Waals surface area contributed by atoms with Crippen LogP contribution in [0.15, 0.2) is 42.5 Å². The zero-order valence-corrected chi connectivity index (χ0v) is 13.6. The van der Waals surface area contributed by atoms with Crippen LogP contribution in [0.3, 0.4) is 0 Å². The van der Waals surface area contributed by atoms with E-state index in [-0.39, 0.29) is 18.0 Å². The van der Waals surface area contributed by atoms with Crippen LogP contribution < -0.4 is 16.0 Å². The second-order valence-electron chi connectivity index (χ2n) is 5.17. The molecular weight excluding hydrogens is 323 g/mol. The zero-order valence-electron chi connectivity index (χ0n) is 13.6. The fraction of sp³-hybridized carbons (Fsp3) is 0.167. The van der Waals surface area contributed by atoms with Gasteiger partial charge in [-0.25, -0.2) is 9.18 Å². The lowest BCUT2D eigenvalue weighted by Gasteiger charge is -2.10. The average Bonchev–Trinajstić information content (AvgIpc) is 2.61. The van der Waals surface area contributed by atoms with Gasteiger partial charge in [0.25, 0.3) is 5.91 Å². The van der Waals surface area contributed by atoms with Gasteiger partial charge < -0.3 is 16.0 Å². The number of hydrogen-bond acceptors (Lipinski definition) is 3. The summed E-state index contributed by atoms with van der Waals surface area (Å²) in [7, 11) is 0. The molecule has 0 unspecified atom stereocenters. The summed E-state index contributed by atoms with van der Waals surface area (Å²) in [6.07, 6.45) is 0. The minimum atomic E-state index is -0.546. The number of hydrogen-bond donors (Lipinski definition) is 3. The summed E-state index contributed by atoms with van der Waals surface area (Å²) in [6, 6.07) is 11.8. The molecule has 0 aliphatic heterocycles. The van der Waals surface area contributed by atoms with Crippen LogP contribution in [0.4, 0.5) is 14.9 Å². The summed E-state index contributed by atoms with van der Waals surface area (Å²) < 4.78 is 13.7. The molecule has 2 rings (SSSR count). The van der Waals surface area contributed by atoms with Crippen molar-refractivity contribution in [2.45, 2.75) is 13.5 Å². The summed E-state index contributed by atoms with van der Waals surface area (Å²) in [6.45, 7) is 2.25. The van der Waals surface area contributed by atoms with Crippen LogP contribution in [-0.2, 0) is 6.54 Å². The molecule has 6 nitrogen and oxygen atoms in total. The van der Waals surface area contributed by atoms with Gasteiger partial charge in [0.2, 0.25) is 0 Å². The molecule has 0 aliphatic rings. The lowest BCUT2D eigenvalue weighted by Crippen LogP contribution is -2.29. The van der Waals surface area contributed by atoms with Crippen molar-refractivity contribution in [3.8, 4) is 6.07 Å². The molecule has 3 amide bonds. The first-order chi connectivity index (χ1) is 12.0. The normalized spacial score (nSPS) is 9.80. The van der Waals surface area contributed by atoms with Gasteiger partial charge in [-0.2, -0.15) is 5.26 Å². The number of nitrogens with zero attached hydrogens (tertiary/aromatic N) is 1. The van der Waals surface area contributed by atoms with Gasteiger partial charge in [0.05, 0.1) is 11.6 Å². The molecule has 0 saturated heterocycles. The van der Waals surface area contributed by atoms with Gasteiger partial charge in [-0.05, 0) is 43.3 Å². The standard InChI is InChI=1S/C18H17FN4O2/c1-2-21-17(24)13-4-3-5-15(9-13)23-18(25)22-11-14-8-12(10-20)6-7-16(14)19/h3-9H,2,11H2,1H3,(H,21,24)(H2,22,23,25). The van der Waals surface area contributed by atoms with E-state index < -0.39 is 11.8 Å². The lowest BCUT2D eigenvalue weighted by atomic mass is 10.1. The summed E-state index contributed by atoms with van der Waals surface area (Å²) >= 11 is 0. The Labute approximate surface area is 144 Å². The summed E-state index contributed by atoms with van der Waals surface area (Å²) in [5, 5.41) is 16.6. The Morgan fingerprint density at radius 1 is 1.16 bits per heavy atom. The minimum Gasteiger partial charge on any atom is -0.352 e. The van der Waals surface area contributed by atoms with Crippen LogP contribution in [0.25, 0.3) is 0 Å². The number of nitriles is 1. The van der Waals surface area contributed by atoms with Gasteiger partial charge in [-0.1, -0.05) is 6.07 Å². The van der Waals surface area contributed by atoms with E-state index in [1.54, 1.807) is 24.3 Å². The van der Waals surface area contributed by atoms with Crippen molar-refractivity contribution in [3.63, 3.8) is 0 Å². The number of nitrogens with one attached hydrogen (secondary N) is 3. The Morgan fingerprint density at radius 3 is 2.68 bits per heavy atom. The van der Waals surface area contributed by atoms with E-state index in [1.165, 1.54) is 18.2 Å². The smallest absolute Gasteiger partial charge is 0.319 e. The predicted octanol–water partition coefficient (Wildman–Crippen LogP) is 2.77. The highest BCUT2D eigenvalue weighted by molar-refractivity contribution is 5.96. The van der Waals surface area contributed by atoms with Crippen molar-refractivity contribution >= 4 is 17.6 Å². The van der Waals surface area contributed by atoms with Crippen LogP contribution in [0, 0.1) is 17.1 Å². The molecule has 25 heavy (non-hydrogen) atoms. The van der Waals surface area contributed by atoms with Crippen LogP contribution in [-0.4, -0.2) is 18.5 Å². The summed E-state index contributed by atoms with van der Waals surface area (Å²) in [4.78, 5) is 23.7. The molecule has 2 aromatic carbocycles. The molecule has 2 aromatic rings. The monoisotopic (exact) mass is 340 g/mol. The fourth-order valence-electron chi connectivity index (χ4n) is 2.13. The first kappa shape index (κ1) is 17.9. The molecule has 0 fully saturated rings. The molecule has 0 radical (unpaired) electrons. The number of anilines is 1. The number of amides is 3. The molecule has 0 heterocycles. The van der Waals surface area contributed by atoms with E-state index in [0.717, 1.165) is 0 Å². The maximum absolute atomic E-state index is 13.7. The lowest BCUT2D eigenvalue weighted by molar-refractivity contribution is 0.0956. The highest BCUT2D eigenvalue weighted by Crippen LogP contribution is 2.12. The van der Waals surface area contributed by atoms with Crippen molar-refractivity contribution in [1.29, 1.82) is 5.26 Å². The quantitative estimate of drug-likeness (QED) is 0.781. The summed E-state index contributed by atoms with van der Waals surface area (Å²) in [5.74, 6) is -0.737. The maximum Gasteiger partial charge on any atom is 0.319 e. The second-order valence-corrected chi connectivity index (χ2v) is 5.17. The largest absolute Gasteiger partial charge is 0.352 e. The van der Waals surface area contributed by atoms with Crippen molar-refractivity contribution in [2.75, 3.05) is 11.9 Å². The number of carbonyl (C=O) groups is 2. The Morgan fingerprint density at radius 2 is 1.96 bits per heavy atom. The predicted molar refractivity (Wildman–Crippen MR) is 91.4 cm³/mol. The van der Waals surface area contributed by atoms with Gasteiger partial charge in [0.15, 0.2) is 0 Å². The minimum absolute atomic E-state index is 0.0663. The molecule has 3 N–H and O–H groups in total. The van der Waals surface area contributed by atoms with E-state index in [9.17, 15) is 14.0 Å². The number of halogens is 1. The second kappa shape index (κ2) is 8.45. The molecule has 0 saturated carbocycles. The van der Waals surface area contributed by atoms with E-state index in [2.05, 4.69) is 16.0 Å². The van der Waals surface area contributed by atoms with E-state index in [1.807, 2.05) is 13.0 Å². The molecule has 0 atom stereocenters. The van der Waals surface area contributed by atoms with E-state index in [4.69, 9.17) is 5.26 Å². The molecular formula is C18H17FN4O2. The van der Waals surface area contributed by atoms with Crippen molar-refractivity contribution < 1.29 is 14.0 Å². The van der Waals surface area contributed by atoms with E-state index >= 15 is 0 Å². The number of benzene rings is 2. The van der Waals surface area contributed by atoms with Crippen molar-refractivity contribution in [3.05, 3.63) is 65.0 Å². The Hall–Kier alpha value is -3.40. The van der Waals surface area contributed by atoms with Crippen molar-refractivity contribution in [1.82, 2.24) is 10.6 Å². The van der Waals surface area contributed by atoms with Crippen LogP contribution in [0.2, 0.25) is 0 Å². The summed E-state index contributed by atoms with van der Waals surface area (Å²) in [5.41, 5.74) is 1.39. The Kier molecular flexibility index (Phi) is 6.07. The number of urea groups is 1.